The number of sulfonamides is 1. The number of hydrazone groups is 1. The van der Waals surface area contributed by atoms with E-state index in [1.54, 1.807) is 49.4 Å². The summed E-state index contributed by atoms with van der Waals surface area (Å²) in [5.74, 6) is -0.00746. The molecule has 0 fully saturated rings. The van der Waals surface area contributed by atoms with Gasteiger partial charge in [-0.1, -0.05) is 30.3 Å². The van der Waals surface area contributed by atoms with E-state index >= 15 is 0 Å². The van der Waals surface area contributed by atoms with Crippen LogP contribution in [0.2, 0.25) is 0 Å². The molecular formula is C24H25N3O6S. The second-order valence-corrected chi connectivity index (χ2v) is 8.97. The Balaban J connectivity index is 1.96. The fourth-order valence-corrected chi connectivity index (χ4v) is 4.61. The van der Waals surface area contributed by atoms with E-state index in [1.165, 1.54) is 44.6 Å². The van der Waals surface area contributed by atoms with Crippen LogP contribution in [0.4, 0.5) is 5.69 Å². The average molecular weight is 484 g/mol. The van der Waals surface area contributed by atoms with Gasteiger partial charge in [0, 0.05) is 11.6 Å². The van der Waals surface area contributed by atoms with Crippen molar-refractivity contribution < 1.29 is 27.8 Å². The van der Waals surface area contributed by atoms with Crippen LogP contribution in [0.15, 0.2) is 82.8 Å². The SMILES string of the molecule is COc1ccc(N(CC(=O)N/N=C(/C)c2ccccc2O)S(=O)(=O)c2ccccc2)c(OC)c1. The molecule has 0 saturated carbocycles. The molecule has 0 bridgehead atoms. The van der Waals surface area contributed by atoms with Crippen molar-refractivity contribution in [2.45, 2.75) is 11.8 Å². The molecule has 178 valence electrons. The zero-order valence-electron chi connectivity index (χ0n) is 18.9. The number of methoxy groups -OCH3 is 2. The van der Waals surface area contributed by atoms with Crippen LogP contribution >= 0.6 is 0 Å². The van der Waals surface area contributed by atoms with E-state index in [-0.39, 0.29) is 22.1 Å². The van der Waals surface area contributed by atoms with Crippen molar-refractivity contribution in [2.75, 3.05) is 25.1 Å². The first kappa shape index (κ1) is 24.6. The van der Waals surface area contributed by atoms with Crippen LogP contribution in [-0.2, 0) is 14.8 Å². The Kier molecular flexibility index (Phi) is 7.75. The van der Waals surface area contributed by atoms with Gasteiger partial charge in [-0.25, -0.2) is 13.8 Å². The van der Waals surface area contributed by atoms with E-state index in [4.69, 9.17) is 9.47 Å². The number of phenols is 1. The number of hydrogen-bond acceptors (Lipinski definition) is 7. The van der Waals surface area contributed by atoms with Crippen LogP contribution in [0.25, 0.3) is 0 Å². The van der Waals surface area contributed by atoms with Crippen LogP contribution in [0.3, 0.4) is 0 Å². The highest BCUT2D eigenvalue weighted by molar-refractivity contribution is 7.92. The van der Waals surface area contributed by atoms with Crippen molar-refractivity contribution >= 4 is 27.3 Å². The van der Waals surface area contributed by atoms with E-state index in [0.717, 1.165) is 4.31 Å². The van der Waals surface area contributed by atoms with Gasteiger partial charge in [0.1, 0.15) is 23.8 Å². The molecule has 10 heteroatoms. The number of para-hydroxylation sites is 1. The number of benzene rings is 3. The van der Waals surface area contributed by atoms with Gasteiger partial charge in [-0.2, -0.15) is 5.10 Å². The van der Waals surface area contributed by atoms with E-state index < -0.39 is 22.5 Å². The molecule has 0 unspecified atom stereocenters. The van der Waals surface area contributed by atoms with Crippen LogP contribution in [0, 0.1) is 0 Å². The van der Waals surface area contributed by atoms with E-state index in [0.29, 0.717) is 17.0 Å². The predicted molar refractivity (Wildman–Crippen MR) is 129 cm³/mol. The highest BCUT2D eigenvalue weighted by atomic mass is 32.2. The first-order chi connectivity index (χ1) is 16.3. The van der Waals surface area contributed by atoms with Crippen LogP contribution in [0.5, 0.6) is 17.2 Å². The summed E-state index contributed by atoms with van der Waals surface area (Å²) in [6.07, 6.45) is 0. The molecule has 0 aliphatic rings. The molecule has 3 aromatic carbocycles. The fourth-order valence-electron chi connectivity index (χ4n) is 3.16. The number of aromatic hydroxyl groups is 1. The molecule has 34 heavy (non-hydrogen) atoms. The summed E-state index contributed by atoms with van der Waals surface area (Å²) in [6.45, 7) is 1.04. The number of nitrogens with one attached hydrogen (secondary N) is 1. The lowest BCUT2D eigenvalue weighted by Crippen LogP contribution is -2.40. The molecule has 3 aromatic rings. The number of ether oxygens (including phenoxy) is 2. The quantitative estimate of drug-likeness (QED) is 0.357. The summed E-state index contributed by atoms with van der Waals surface area (Å²) in [6, 6.07) is 18.9. The summed E-state index contributed by atoms with van der Waals surface area (Å²) in [4.78, 5) is 12.8. The predicted octanol–water partition coefficient (Wildman–Crippen LogP) is 3.15. The van der Waals surface area contributed by atoms with Crippen molar-refractivity contribution in [3.63, 3.8) is 0 Å². The third-order valence-electron chi connectivity index (χ3n) is 4.92. The van der Waals surface area contributed by atoms with Gasteiger partial charge in [-0.3, -0.25) is 9.10 Å². The molecule has 3 rings (SSSR count). The minimum atomic E-state index is -4.14. The van der Waals surface area contributed by atoms with E-state index in [2.05, 4.69) is 10.5 Å². The zero-order valence-corrected chi connectivity index (χ0v) is 19.7. The number of anilines is 1. The second kappa shape index (κ2) is 10.7. The molecule has 0 atom stereocenters. The largest absolute Gasteiger partial charge is 0.507 e. The number of rotatable bonds is 9. The van der Waals surface area contributed by atoms with Crippen LogP contribution < -0.4 is 19.2 Å². The highest BCUT2D eigenvalue weighted by Crippen LogP contribution is 2.35. The maximum absolute atomic E-state index is 13.5. The number of carbonyl (C=O) groups is 1. The van der Waals surface area contributed by atoms with Crippen molar-refractivity contribution in [1.29, 1.82) is 0 Å². The molecule has 0 heterocycles. The monoisotopic (exact) mass is 483 g/mol. The molecule has 0 spiro atoms. The lowest BCUT2D eigenvalue weighted by molar-refractivity contribution is -0.119. The Labute approximate surface area is 198 Å². The van der Waals surface area contributed by atoms with Crippen molar-refractivity contribution in [2.24, 2.45) is 5.10 Å². The zero-order chi connectivity index (χ0) is 24.7. The summed E-state index contributed by atoms with van der Waals surface area (Å²) in [5.41, 5.74) is 3.31. The third kappa shape index (κ3) is 5.46. The van der Waals surface area contributed by atoms with Gasteiger partial charge in [0.05, 0.1) is 30.5 Å². The van der Waals surface area contributed by atoms with Gasteiger partial charge in [0.2, 0.25) is 0 Å². The maximum Gasteiger partial charge on any atom is 0.264 e. The summed E-state index contributed by atoms with van der Waals surface area (Å²) in [7, 11) is -1.26. The van der Waals surface area contributed by atoms with Gasteiger partial charge in [-0.15, -0.1) is 0 Å². The number of carbonyl (C=O) groups excluding carboxylic acids is 1. The van der Waals surface area contributed by atoms with Gasteiger partial charge >= 0.3 is 0 Å². The number of phenolic OH excluding ortho intramolecular Hbond substituents is 1. The van der Waals surface area contributed by atoms with Gasteiger partial charge in [0.15, 0.2) is 0 Å². The van der Waals surface area contributed by atoms with Crippen molar-refractivity contribution in [3.8, 4) is 17.2 Å². The second-order valence-electron chi connectivity index (χ2n) is 7.11. The normalized spacial score (nSPS) is 11.6. The Morgan fingerprint density at radius 3 is 2.32 bits per heavy atom. The Morgan fingerprint density at radius 2 is 1.68 bits per heavy atom. The molecule has 0 radical (unpaired) electrons. The lowest BCUT2D eigenvalue weighted by Gasteiger charge is -2.25. The Bertz CT molecular complexity index is 1290. The molecule has 2 N–H and O–H groups in total. The standard InChI is InChI=1S/C24H25N3O6S/c1-17(20-11-7-8-12-22(20)28)25-26-24(29)16-27(34(30,31)19-9-5-4-6-10-19)21-14-13-18(32-2)15-23(21)33-3/h4-15,28H,16H2,1-3H3,(H,26,29)/b25-17-. The number of amides is 1. The maximum atomic E-state index is 13.5. The van der Waals surface area contributed by atoms with Gasteiger partial charge < -0.3 is 14.6 Å². The molecule has 0 aromatic heterocycles. The lowest BCUT2D eigenvalue weighted by atomic mass is 10.1. The van der Waals surface area contributed by atoms with E-state index in [9.17, 15) is 18.3 Å². The smallest absolute Gasteiger partial charge is 0.264 e. The minimum Gasteiger partial charge on any atom is -0.507 e. The summed E-state index contributed by atoms with van der Waals surface area (Å²) < 4.78 is 38.5. The molecule has 0 aliphatic heterocycles. The molecule has 9 nitrogen and oxygen atoms in total. The average Bonchev–Trinajstić information content (AvgIpc) is 2.86. The minimum absolute atomic E-state index is 0.00856. The first-order valence-corrected chi connectivity index (χ1v) is 11.6. The first-order valence-electron chi connectivity index (χ1n) is 10.2. The van der Waals surface area contributed by atoms with Crippen molar-refractivity contribution in [1.82, 2.24) is 5.43 Å². The Morgan fingerprint density at radius 1 is 1.00 bits per heavy atom. The molecule has 0 aliphatic carbocycles. The topological polar surface area (TPSA) is 118 Å². The van der Waals surface area contributed by atoms with Gasteiger partial charge in [0.25, 0.3) is 15.9 Å². The van der Waals surface area contributed by atoms with E-state index in [1.807, 2.05) is 0 Å². The number of hydrogen-bond donors (Lipinski definition) is 2. The molecule has 0 saturated heterocycles. The van der Waals surface area contributed by atoms with Crippen LogP contribution in [0.1, 0.15) is 12.5 Å². The van der Waals surface area contributed by atoms with Crippen LogP contribution in [-0.4, -0.2) is 45.9 Å². The third-order valence-corrected chi connectivity index (χ3v) is 6.69. The summed E-state index contributed by atoms with van der Waals surface area (Å²) in [5, 5.41) is 14.0. The Hall–Kier alpha value is -4.05. The van der Waals surface area contributed by atoms with Crippen molar-refractivity contribution in [3.05, 3.63) is 78.4 Å². The molecule has 1 amide bonds. The summed E-state index contributed by atoms with van der Waals surface area (Å²) >= 11 is 0. The molecular weight excluding hydrogens is 458 g/mol. The fraction of sp³-hybridized carbons (Fsp3) is 0.167. The number of nitrogens with zero attached hydrogens (tertiary/aromatic N) is 2. The van der Waals surface area contributed by atoms with Gasteiger partial charge in [-0.05, 0) is 43.3 Å². The highest BCUT2D eigenvalue weighted by Gasteiger charge is 2.29.